The topological polar surface area (TPSA) is 52.0 Å². The lowest BCUT2D eigenvalue weighted by molar-refractivity contribution is 0.431. The molecule has 2 rings (SSSR count). The average Bonchev–Trinajstić information content (AvgIpc) is 2.58. The first kappa shape index (κ1) is 12.7. The van der Waals surface area contributed by atoms with Gasteiger partial charge in [0.1, 0.15) is 5.76 Å². The fourth-order valence-corrected chi connectivity index (χ4v) is 2.90. The quantitative estimate of drug-likeness (QED) is 0.939. The zero-order valence-electron chi connectivity index (χ0n) is 9.66. The van der Waals surface area contributed by atoms with Crippen molar-refractivity contribution >= 4 is 27.7 Å². The summed E-state index contributed by atoms with van der Waals surface area (Å²) < 4.78 is 6.55. The van der Waals surface area contributed by atoms with E-state index >= 15 is 0 Å². The molecule has 0 saturated heterocycles. The van der Waals surface area contributed by atoms with Gasteiger partial charge in [0.25, 0.3) is 5.22 Å². The fourth-order valence-electron chi connectivity index (χ4n) is 1.34. The van der Waals surface area contributed by atoms with Gasteiger partial charge in [0.05, 0.1) is 5.69 Å². The molecule has 0 fully saturated rings. The molecule has 90 valence electrons. The van der Waals surface area contributed by atoms with Gasteiger partial charge >= 0.3 is 0 Å². The molecule has 3 nitrogen and oxygen atoms in total. The molecule has 0 aliphatic heterocycles. The van der Waals surface area contributed by atoms with Crippen LogP contribution in [0.15, 0.2) is 37.2 Å². The summed E-state index contributed by atoms with van der Waals surface area (Å²) in [6.45, 7) is 4.39. The summed E-state index contributed by atoms with van der Waals surface area (Å²) in [5.74, 6) is 0.866. The van der Waals surface area contributed by atoms with Gasteiger partial charge in [-0.1, -0.05) is 22.0 Å². The molecule has 0 saturated carbocycles. The molecule has 2 N–H and O–H groups in total. The lowest BCUT2D eigenvalue weighted by Gasteiger charge is -2.03. The van der Waals surface area contributed by atoms with E-state index in [0.717, 1.165) is 26.4 Å². The van der Waals surface area contributed by atoms with Crippen molar-refractivity contribution in [2.24, 2.45) is 5.73 Å². The molecule has 0 radical (unpaired) electrons. The highest BCUT2D eigenvalue weighted by atomic mass is 79.9. The Hall–Kier alpha value is -0.780. The number of hydrogen-bond acceptors (Lipinski definition) is 4. The highest BCUT2D eigenvalue weighted by Crippen LogP contribution is 2.31. The first-order valence-corrected chi connectivity index (χ1v) is 6.81. The summed E-state index contributed by atoms with van der Waals surface area (Å²) in [5.41, 5.74) is 7.64. The van der Waals surface area contributed by atoms with Gasteiger partial charge in [-0.15, -0.1) is 0 Å². The van der Waals surface area contributed by atoms with Crippen LogP contribution in [0.2, 0.25) is 0 Å². The molecule has 0 spiro atoms. The van der Waals surface area contributed by atoms with Gasteiger partial charge < -0.3 is 10.2 Å². The lowest BCUT2D eigenvalue weighted by Crippen LogP contribution is -1.96. The number of aromatic nitrogens is 1. The van der Waals surface area contributed by atoms with Gasteiger partial charge in [-0.25, -0.2) is 4.98 Å². The van der Waals surface area contributed by atoms with Crippen LogP contribution in [0.4, 0.5) is 0 Å². The van der Waals surface area contributed by atoms with E-state index in [1.165, 1.54) is 11.8 Å². The molecule has 5 heteroatoms. The van der Waals surface area contributed by atoms with Crippen LogP contribution >= 0.6 is 27.7 Å². The molecule has 2 aromatic rings. The van der Waals surface area contributed by atoms with Crippen molar-refractivity contribution in [3.8, 4) is 0 Å². The van der Waals surface area contributed by atoms with Crippen LogP contribution in [-0.2, 0) is 6.54 Å². The minimum absolute atomic E-state index is 0.531. The van der Waals surface area contributed by atoms with Crippen LogP contribution in [0.5, 0.6) is 0 Å². The van der Waals surface area contributed by atoms with E-state index in [1.807, 2.05) is 32.0 Å². The minimum atomic E-state index is 0.531. The van der Waals surface area contributed by atoms with E-state index in [0.29, 0.717) is 11.8 Å². The van der Waals surface area contributed by atoms with E-state index in [9.17, 15) is 0 Å². The van der Waals surface area contributed by atoms with E-state index in [2.05, 4.69) is 20.9 Å². The second kappa shape index (κ2) is 5.25. The Morgan fingerprint density at radius 3 is 2.71 bits per heavy atom. The third-order valence-corrected chi connectivity index (χ3v) is 4.04. The zero-order valence-corrected chi connectivity index (χ0v) is 12.1. The zero-order chi connectivity index (χ0) is 12.4. The van der Waals surface area contributed by atoms with Crippen LogP contribution in [-0.4, -0.2) is 4.98 Å². The second-order valence-corrected chi connectivity index (χ2v) is 5.56. The monoisotopic (exact) mass is 312 g/mol. The number of benzene rings is 1. The van der Waals surface area contributed by atoms with Crippen LogP contribution in [0, 0.1) is 13.8 Å². The van der Waals surface area contributed by atoms with Gasteiger partial charge in [-0.3, -0.25) is 0 Å². The number of oxazole rings is 1. The summed E-state index contributed by atoms with van der Waals surface area (Å²) in [6, 6.07) is 6.06. The van der Waals surface area contributed by atoms with E-state index in [1.54, 1.807) is 0 Å². The smallest absolute Gasteiger partial charge is 0.260 e. The molecule has 1 aromatic carbocycles. The van der Waals surface area contributed by atoms with Crippen molar-refractivity contribution in [1.82, 2.24) is 4.98 Å². The molecule has 1 aromatic heterocycles. The SMILES string of the molecule is Cc1nc(Sc2ccc(CN)c(Br)c2)oc1C. The lowest BCUT2D eigenvalue weighted by atomic mass is 10.2. The highest BCUT2D eigenvalue weighted by Gasteiger charge is 2.08. The minimum Gasteiger partial charge on any atom is -0.436 e. The molecular formula is C12H13BrN2OS. The Morgan fingerprint density at radius 2 is 2.18 bits per heavy atom. The molecule has 0 unspecified atom stereocenters. The average molecular weight is 313 g/mol. The van der Waals surface area contributed by atoms with Crippen molar-refractivity contribution in [2.75, 3.05) is 0 Å². The molecule has 0 bridgehead atoms. The van der Waals surface area contributed by atoms with Gasteiger partial charge in [0, 0.05) is 15.9 Å². The molecule has 0 aliphatic rings. The molecular weight excluding hydrogens is 300 g/mol. The maximum Gasteiger partial charge on any atom is 0.260 e. The largest absolute Gasteiger partial charge is 0.436 e. The number of rotatable bonds is 3. The predicted octanol–water partition coefficient (Wildman–Crippen LogP) is 3.66. The number of aryl methyl sites for hydroxylation is 2. The summed E-state index contributed by atoms with van der Waals surface area (Å²) in [6.07, 6.45) is 0. The third-order valence-electron chi connectivity index (χ3n) is 2.46. The highest BCUT2D eigenvalue weighted by molar-refractivity contribution is 9.10. The first-order chi connectivity index (χ1) is 8.10. The molecule has 0 aliphatic carbocycles. The van der Waals surface area contributed by atoms with E-state index in [-0.39, 0.29) is 0 Å². The van der Waals surface area contributed by atoms with Gasteiger partial charge in [-0.05, 0) is 43.3 Å². The van der Waals surface area contributed by atoms with Crippen molar-refractivity contribution in [1.29, 1.82) is 0 Å². The summed E-state index contributed by atoms with van der Waals surface area (Å²) >= 11 is 5.00. The summed E-state index contributed by atoms with van der Waals surface area (Å²) in [7, 11) is 0. The normalized spacial score (nSPS) is 10.8. The maximum absolute atomic E-state index is 5.61. The van der Waals surface area contributed by atoms with Crippen LogP contribution in [0.25, 0.3) is 0 Å². The van der Waals surface area contributed by atoms with E-state index in [4.69, 9.17) is 10.2 Å². The Balaban J connectivity index is 2.21. The summed E-state index contributed by atoms with van der Waals surface area (Å²) in [5, 5.41) is 0.674. The number of hydrogen-bond donors (Lipinski definition) is 1. The number of nitrogens with two attached hydrogens (primary N) is 1. The van der Waals surface area contributed by atoms with Crippen molar-refractivity contribution in [2.45, 2.75) is 30.5 Å². The molecule has 0 amide bonds. The van der Waals surface area contributed by atoms with Crippen LogP contribution < -0.4 is 5.73 Å². The number of halogens is 1. The van der Waals surface area contributed by atoms with Gasteiger partial charge in [0.2, 0.25) is 0 Å². The first-order valence-electron chi connectivity index (χ1n) is 5.20. The Kier molecular flexibility index (Phi) is 3.91. The Morgan fingerprint density at radius 1 is 1.41 bits per heavy atom. The van der Waals surface area contributed by atoms with Crippen molar-refractivity contribution in [3.63, 3.8) is 0 Å². The number of nitrogens with zero attached hydrogens (tertiary/aromatic N) is 1. The van der Waals surface area contributed by atoms with Crippen LogP contribution in [0.1, 0.15) is 17.0 Å². The Labute approximate surface area is 113 Å². The van der Waals surface area contributed by atoms with Crippen molar-refractivity contribution in [3.05, 3.63) is 39.7 Å². The fraction of sp³-hybridized carbons (Fsp3) is 0.250. The maximum atomic E-state index is 5.61. The van der Waals surface area contributed by atoms with Gasteiger partial charge in [-0.2, -0.15) is 0 Å². The molecule has 0 atom stereocenters. The molecule has 17 heavy (non-hydrogen) atoms. The van der Waals surface area contributed by atoms with Crippen LogP contribution in [0.3, 0.4) is 0 Å². The summed E-state index contributed by atoms with van der Waals surface area (Å²) in [4.78, 5) is 5.41. The predicted molar refractivity (Wildman–Crippen MR) is 72.1 cm³/mol. The second-order valence-electron chi connectivity index (χ2n) is 3.68. The third kappa shape index (κ3) is 2.91. The van der Waals surface area contributed by atoms with E-state index < -0.39 is 0 Å². The Bertz CT molecular complexity index is 520. The van der Waals surface area contributed by atoms with Crippen molar-refractivity contribution < 1.29 is 4.42 Å². The standard InChI is InChI=1S/C12H13BrN2OS/c1-7-8(2)16-12(15-7)17-10-4-3-9(6-14)11(13)5-10/h3-5H,6,14H2,1-2H3. The molecule has 1 heterocycles. The van der Waals surface area contributed by atoms with Gasteiger partial charge in [0.15, 0.2) is 0 Å².